The predicted molar refractivity (Wildman–Crippen MR) is 72.4 cm³/mol. The van der Waals surface area contributed by atoms with Gasteiger partial charge >= 0.3 is 0 Å². The Morgan fingerprint density at radius 2 is 2.16 bits per heavy atom. The number of carbonyl (C=O) groups excluding carboxylic acids is 1. The normalized spacial score (nSPS) is 27.5. The van der Waals surface area contributed by atoms with Gasteiger partial charge in [0.2, 0.25) is 5.91 Å². The van der Waals surface area contributed by atoms with Gasteiger partial charge in [-0.3, -0.25) is 4.79 Å². The summed E-state index contributed by atoms with van der Waals surface area (Å²) in [6.07, 6.45) is 3.39. The van der Waals surface area contributed by atoms with Crippen molar-refractivity contribution in [3.8, 4) is 0 Å². The van der Waals surface area contributed by atoms with E-state index in [9.17, 15) is 9.90 Å². The lowest BCUT2D eigenvalue weighted by Gasteiger charge is -2.37. The van der Waals surface area contributed by atoms with Crippen molar-refractivity contribution in [3.05, 3.63) is 35.4 Å². The summed E-state index contributed by atoms with van der Waals surface area (Å²) >= 11 is 0. The third kappa shape index (κ3) is 2.38. The zero-order chi connectivity index (χ0) is 13.5. The van der Waals surface area contributed by atoms with Crippen LogP contribution in [0.3, 0.4) is 0 Å². The van der Waals surface area contributed by atoms with Gasteiger partial charge in [0.1, 0.15) is 0 Å². The van der Waals surface area contributed by atoms with Crippen LogP contribution in [0.2, 0.25) is 0 Å². The molecule has 1 saturated carbocycles. The van der Waals surface area contributed by atoms with Gasteiger partial charge in [-0.25, -0.2) is 0 Å². The van der Waals surface area contributed by atoms with Gasteiger partial charge in [0, 0.05) is 18.4 Å². The van der Waals surface area contributed by atoms with Crippen molar-refractivity contribution in [2.45, 2.75) is 49.8 Å². The van der Waals surface area contributed by atoms with Crippen LogP contribution in [0.4, 0.5) is 0 Å². The van der Waals surface area contributed by atoms with Gasteiger partial charge in [-0.1, -0.05) is 24.3 Å². The highest BCUT2D eigenvalue weighted by Crippen LogP contribution is 2.34. The zero-order valence-corrected chi connectivity index (χ0v) is 10.9. The Kier molecular flexibility index (Phi) is 3.07. The molecule has 0 bridgehead atoms. The number of carbonyl (C=O) groups is 1. The molecule has 2 aliphatic rings. The van der Waals surface area contributed by atoms with E-state index in [-0.39, 0.29) is 17.5 Å². The van der Waals surface area contributed by atoms with E-state index in [1.807, 2.05) is 24.3 Å². The van der Waals surface area contributed by atoms with Crippen LogP contribution in [0.15, 0.2) is 24.3 Å². The lowest BCUT2D eigenvalue weighted by molar-refractivity contribution is -0.124. The molecule has 0 unspecified atom stereocenters. The number of rotatable bonds is 3. The van der Waals surface area contributed by atoms with Crippen LogP contribution in [-0.2, 0) is 11.2 Å². The van der Waals surface area contributed by atoms with E-state index >= 15 is 0 Å². The van der Waals surface area contributed by atoms with Gasteiger partial charge < -0.3 is 16.2 Å². The summed E-state index contributed by atoms with van der Waals surface area (Å²) in [6.45, 7) is 0. The Labute approximate surface area is 113 Å². The summed E-state index contributed by atoms with van der Waals surface area (Å²) in [5, 5.41) is 13.0. The third-order valence-corrected chi connectivity index (χ3v) is 4.38. The van der Waals surface area contributed by atoms with Crippen LogP contribution in [-0.4, -0.2) is 22.7 Å². The molecule has 1 fully saturated rings. The van der Waals surface area contributed by atoms with Crippen LogP contribution >= 0.6 is 0 Å². The van der Waals surface area contributed by atoms with E-state index in [4.69, 9.17) is 5.73 Å². The number of aliphatic hydroxyl groups is 1. The molecule has 1 amide bonds. The smallest absolute Gasteiger partial charge is 0.222 e. The van der Waals surface area contributed by atoms with Gasteiger partial charge in [-0.2, -0.15) is 0 Å². The maximum atomic E-state index is 12.1. The number of hydrogen-bond acceptors (Lipinski definition) is 3. The average Bonchev–Trinajstić information content (AvgIpc) is 2.64. The monoisotopic (exact) mass is 260 g/mol. The minimum absolute atomic E-state index is 0.0528. The molecule has 2 aliphatic carbocycles. The van der Waals surface area contributed by atoms with E-state index < -0.39 is 6.10 Å². The maximum Gasteiger partial charge on any atom is 0.222 e. The molecule has 19 heavy (non-hydrogen) atoms. The second-order valence-corrected chi connectivity index (χ2v) is 5.91. The molecule has 102 valence electrons. The highest BCUT2D eigenvalue weighted by atomic mass is 16.3. The summed E-state index contributed by atoms with van der Waals surface area (Å²) in [6, 6.07) is 7.58. The first-order valence-electron chi connectivity index (χ1n) is 6.92. The first-order valence-corrected chi connectivity index (χ1v) is 6.92. The van der Waals surface area contributed by atoms with Crippen molar-refractivity contribution in [2.24, 2.45) is 5.73 Å². The minimum Gasteiger partial charge on any atom is -0.390 e. The van der Waals surface area contributed by atoms with E-state index in [1.54, 1.807) is 0 Å². The molecule has 0 saturated heterocycles. The molecule has 4 nitrogen and oxygen atoms in total. The van der Waals surface area contributed by atoms with E-state index in [2.05, 4.69) is 5.32 Å². The van der Waals surface area contributed by atoms with Crippen molar-refractivity contribution in [2.75, 3.05) is 0 Å². The van der Waals surface area contributed by atoms with E-state index in [1.165, 1.54) is 0 Å². The lowest BCUT2D eigenvalue weighted by Crippen LogP contribution is -2.50. The summed E-state index contributed by atoms with van der Waals surface area (Å²) in [5.41, 5.74) is 7.92. The lowest BCUT2D eigenvalue weighted by atomic mass is 9.75. The number of fused-ring (bicyclic) bond motifs is 1. The first-order chi connectivity index (χ1) is 9.07. The molecular formula is C15H20N2O2. The molecule has 0 aliphatic heterocycles. The van der Waals surface area contributed by atoms with E-state index in [0.717, 1.165) is 30.4 Å². The SMILES string of the molecule is NC1(CC(=O)N[C@@H]2c3ccccc3C[C@@H]2O)CCC1. The fraction of sp³-hybridized carbons (Fsp3) is 0.533. The topological polar surface area (TPSA) is 75.4 Å². The van der Waals surface area contributed by atoms with Crippen LogP contribution in [0.25, 0.3) is 0 Å². The molecule has 1 aromatic rings. The van der Waals surface area contributed by atoms with E-state index in [0.29, 0.717) is 12.8 Å². The van der Waals surface area contributed by atoms with Crippen molar-refractivity contribution >= 4 is 5.91 Å². The highest BCUT2D eigenvalue weighted by molar-refractivity contribution is 5.78. The van der Waals surface area contributed by atoms with Crippen LogP contribution in [0.1, 0.15) is 42.9 Å². The Hall–Kier alpha value is -1.39. The van der Waals surface area contributed by atoms with Gasteiger partial charge in [0.15, 0.2) is 0 Å². The second kappa shape index (κ2) is 4.62. The first kappa shape index (κ1) is 12.6. The van der Waals surface area contributed by atoms with Crippen LogP contribution in [0.5, 0.6) is 0 Å². The largest absolute Gasteiger partial charge is 0.390 e. The Bertz CT molecular complexity index is 497. The summed E-state index contributed by atoms with van der Waals surface area (Å²) in [4.78, 5) is 12.1. The summed E-state index contributed by atoms with van der Waals surface area (Å²) in [7, 11) is 0. The maximum absolute atomic E-state index is 12.1. The number of amides is 1. The third-order valence-electron chi connectivity index (χ3n) is 4.38. The molecule has 4 heteroatoms. The van der Waals surface area contributed by atoms with Crippen molar-refractivity contribution < 1.29 is 9.90 Å². The fourth-order valence-electron chi connectivity index (χ4n) is 3.10. The minimum atomic E-state index is -0.531. The number of aliphatic hydroxyl groups excluding tert-OH is 1. The molecule has 0 spiro atoms. The molecule has 0 aromatic heterocycles. The molecule has 0 radical (unpaired) electrons. The average molecular weight is 260 g/mol. The standard InChI is InChI=1S/C15H20N2O2/c16-15(6-3-7-15)9-13(19)17-14-11-5-2-1-4-10(11)8-12(14)18/h1-2,4-5,12,14,18H,3,6-9,16H2,(H,17,19)/t12-,14+/m0/s1. The Balaban J connectivity index is 1.68. The van der Waals surface area contributed by atoms with Gasteiger partial charge in [-0.05, 0) is 30.4 Å². The number of nitrogens with two attached hydrogens (primary N) is 1. The van der Waals surface area contributed by atoms with Gasteiger partial charge in [-0.15, -0.1) is 0 Å². The van der Waals surface area contributed by atoms with Crippen molar-refractivity contribution in [3.63, 3.8) is 0 Å². The Morgan fingerprint density at radius 3 is 2.84 bits per heavy atom. The number of hydrogen-bond donors (Lipinski definition) is 3. The van der Waals surface area contributed by atoms with Gasteiger partial charge in [0.05, 0.1) is 12.1 Å². The molecule has 0 heterocycles. The Morgan fingerprint density at radius 1 is 1.42 bits per heavy atom. The number of benzene rings is 1. The quantitative estimate of drug-likeness (QED) is 0.760. The van der Waals surface area contributed by atoms with Crippen molar-refractivity contribution in [1.29, 1.82) is 0 Å². The summed E-state index contributed by atoms with van der Waals surface area (Å²) in [5.74, 6) is -0.0528. The van der Waals surface area contributed by atoms with Crippen LogP contribution < -0.4 is 11.1 Å². The van der Waals surface area contributed by atoms with Crippen LogP contribution in [0, 0.1) is 0 Å². The molecular weight excluding hydrogens is 240 g/mol. The number of nitrogens with one attached hydrogen (secondary N) is 1. The molecule has 4 N–H and O–H groups in total. The molecule has 1 aromatic carbocycles. The predicted octanol–water partition coefficient (Wildman–Crippen LogP) is 1.03. The highest BCUT2D eigenvalue weighted by Gasteiger charge is 2.37. The zero-order valence-electron chi connectivity index (χ0n) is 10.9. The summed E-state index contributed by atoms with van der Waals surface area (Å²) < 4.78 is 0. The molecule has 3 rings (SSSR count). The fourth-order valence-corrected chi connectivity index (χ4v) is 3.10. The van der Waals surface area contributed by atoms with Crippen molar-refractivity contribution in [1.82, 2.24) is 5.32 Å². The van der Waals surface area contributed by atoms with Gasteiger partial charge in [0.25, 0.3) is 0 Å². The molecule has 2 atom stereocenters. The second-order valence-electron chi connectivity index (χ2n) is 5.91.